The third-order valence-electron chi connectivity index (χ3n) is 9.56. The van der Waals surface area contributed by atoms with E-state index >= 15 is 0 Å². The number of rotatable bonds is 2. The van der Waals surface area contributed by atoms with Gasteiger partial charge in [0.15, 0.2) is 11.5 Å². The number of amides is 2. The number of carbonyl (C=O) groups excluding carboxylic acids is 2. The molecule has 168 valence electrons. The molecule has 7 unspecified atom stereocenters. The van der Waals surface area contributed by atoms with Crippen LogP contribution >= 0.6 is 0 Å². The lowest BCUT2D eigenvalue weighted by Crippen LogP contribution is -2.86. The van der Waals surface area contributed by atoms with Crippen molar-refractivity contribution in [2.24, 2.45) is 17.3 Å². The molecule has 3 aliphatic heterocycles. The van der Waals surface area contributed by atoms with Crippen LogP contribution in [0.25, 0.3) is 0 Å². The molecule has 1 aromatic rings. The molecule has 7 atom stereocenters. The highest BCUT2D eigenvalue weighted by Crippen LogP contribution is 2.76. The number of hydrazine groups is 1. The highest BCUT2D eigenvalue weighted by atomic mass is 16.6. The van der Waals surface area contributed by atoms with E-state index in [4.69, 9.17) is 14.2 Å². The third kappa shape index (κ3) is 1.60. The molecule has 1 N–H and O–H groups in total. The van der Waals surface area contributed by atoms with Gasteiger partial charge in [0.2, 0.25) is 11.8 Å². The minimum Gasteiger partial charge on any atom is -0.493 e. The highest BCUT2D eigenvalue weighted by molar-refractivity contribution is 5.96. The van der Waals surface area contributed by atoms with Gasteiger partial charge in [0.25, 0.3) is 0 Å². The zero-order valence-electron chi connectivity index (χ0n) is 18.7. The summed E-state index contributed by atoms with van der Waals surface area (Å²) in [6.07, 6.45) is 5.47. The van der Waals surface area contributed by atoms with Crippen molar-refractivity contribution in [3.63, 3.8) is 0 Å². The second-order valence-corrected chi connectivity index (χ2v) is 10.2. The topological polar surface area (TPSA) is 80.3 Å². The first-order valence-electron chi connectivity index (χ1n) is 11.3. The summed E-state index contributed by atoms with van der Waals surface area (Å²) in [6, 6.07) is 4.20. The molecule has 2 saturated heterocycles. The molecule has 0 radical (unpaired) electrons. The molecule has 1 saturated carbocycles. The molecule has 8 nitrogen and oxygen atoms in total. The summed E-state index contributed by atoms with van der Waals surface area (Å²) in [5.74, 6) is 0.0297. The van der Waals surface area contributed by atoms with Crippen LogP contribution in [-0.2, 0) is 26.2 Å². The number of likely N-dealkylation sites (tertiary alicyclic amines) is 1. The number of methoxy groups -OCH3 is 2. The fraction of sp³-hybridized carbons (Fsp3) is 0.583. The molecule has 8 rings (SSSR count). The Morgan fingerprint density at radius 3 is 2.72 bits per heavy atom. The van der Waals surface area contributed by atoms with Gasteiger partial charge in [-0.25, -0.2) is 0 Å². The summed E-state index contributed by atoms with van der Waals surface area (Å²) in [5.41, 5.74) is 3.18. The Kier molecular flexibility index (Phi) is 3.25. The van der Waals surface area contributed by atoms with Crippen molar-refractivity contribution in [1.29, 1.82) is 0 Å². The zero-order chi connectivity index (χ0) is 22.2. The first-order chi connectivity index (χ1) is 15.4. The van der Waals surface area contributed by atoms with Crippen molar-refractivity contribution >= 4 is 11.8 Å². The van der Waals surface area contributed by atoms with Gasteiger partial charge in [0.1, 0.15) is 11.7 Å². The number of likely N-dealkylation sites (N-methyl/N-ethyl adjacent to an activating group) is 1. The summed E-state index contributed by atoms with van der Waals surface area (Å²) < 4.78 is 18.8. The normalized spacial score (nSPS) is 44.7. The van der Waals surface area contributed by atoms with Gasteiger partial charge in [-0.3, -0.25) is 20.0 Å². The summed E-state index contributed by atoms with van der Waals surface area (Å²) in [5, 5.41) is 1.32. The molecule has 4 aliphatic carbocycles. The monoisotopic (exact) mass is 437 g/mol. The van der Waals surface area contributed by atoms with Crippen molar-refractivity contribution in [2.45, 2.75) is 36.0 Å². The van der Waals surface area contributed by atoms with Gasteiger partial charge in [-0.1, -0.05) is 18.2 Å². The predicted octanol–water partition coefficient (Wildman–Crippen LogP) is 0.645. The summed E-state index contributed by atoms with van der Waals surface area (Å²) in [7, 11) is 7.03. The lowest BCUT2D eigenvalue weighted by atomic mass is 9.33. The first kappa shape index (κ1) is 18.9. The minimum absolute atomic E-state index is 0.0788. The van der Waals surface area contributed by atoms with Crippen LogP contribution in [0.1, 0.15) is 17.5 Å². The molecule has 4 bridgehead atoms. The van der Waals surface area contributed by atoms with Crippen LogP contribution in [0.15, 0.2) is 24.3 Å². The van der Waals surface area contributed by atoms with Crippen LogP contribution in [0.3, 0.4) is 0 Å². The van der Waals surface area contributed by atoms with Crippen LogP contribution in [0.5, 0.6) is 11.5 Å². The molecule has 7 aliphatic rings. The van der Waals surface area contributed by atoms with E-state index in [0.29, 0.717) is 5.75 Å². The fourth-order valence-corrected chi connectivity index (χ4v) is 8.50. The number of ether oxygens (including phenoxy) is 3. The average Bonchev–Trinajstić information content (AvgIpc) is 3.16. The molecular formula is C24H27N3O5. The van der Waals surface area contributed by atoms with Gasteiger partial charge in [0.05, 0.1) is 24.4 Å². The van der Waals surface area contributed by atoms with Crippen molar-refractivity contribution in [3.05, 3.63) is 35.4 Å². The second kappa shape index (κ2) is 5.48. The number of benzene rings is 1. The maximum Gasteiger partial charge on any atom is 0.248 e. The standard InChI is InChI=1S/C24H27N3O5/c1-26-10-9-23-15-12-5-6-13(30-3)18(15)32-21(23)24(31-4)8-7-22(23,14(26)11-12)16-17(24)20(29)27(2)25-19(16)28/h5-8,14,16-17,21H,9-11H2,1-4H3,(H,25,28). The van der Waals surface area contributed by atoms with Crippen LogP contribution in [0.2, 0.25) is 0 Å². The van der Waals surface area contributed by atoms with E-state index in [-0.39, 0.29) is 17.9 Å². The van der Waals surface area contributed by atoms with Crippen LogP contribution in [-0.4, -0.2) is 74.3 Å². The van der Waals surface area contributed by atoms with E-state index in [1.54, 1.807) is 21.3 Å². The first-order valence-corrected chi connectivity index (χ1v) is 11.3. The molecule has 3 fully saturated rings. The molecule has 8 heteroatoms. The van der Waals surface area contributed by atoms with Crippen LogP contribution < -0.4 is 14.9 Å². The number of hydrogen-bond donors (Lipinski definition) is 1. The Bertz CT molecular complexity index is 1130. The highest BCUT2D eigenvalue weighted by Gasteiger charge is 2.84. The zero-order valence-corrected chi connectivity index (χ0v) is 18.7. The van der Waals surface area contributed by atoms with Crippen LogP contribution in [0.4, 0.5) is 0 Å². The maximum atomic E-state index is 13.7. The van der Waals surface area contributed by atoms with Gasteiger partial charge in [0, 0.05) is 31.2 Å². The summed E-state index contributed by atoms with van der Waals surface area (Å²) >= 11 is 0. The van der Waals surface area contributed by atoms with Crippen molar-refractivity contribution in [1.82, 2.24) is 15.3 Å². The number of nitrogens with one attached hydrogen (secondary N) is 1. The minimum atomic E-state index is -1.03. The predicted molar refractivity (Wildman–Crippen MR) is 113 cm³/mol. The molecule has 1 aromatic carbocycles. The van der Waals surface area contributed by atoms with Gasteiger partial charge in [-0.2, -0.15) is 0 Å². The third-order valence-corrected chi connectivity index (χ3v) is 9.56. The maximum absolute atomic E-state index is 13.7. The molecule has 0 aromatic heterocycles. The molecule has 2 amide bonds. The fourth-order valence-electron chi connectivity index (χ4n) is 8.50. The van der Waals surface area contributed by atoms with E-state index in [0.717, 1.165) is 30.7 Å². The number of nitrogens with zero attached hydrogens (tertiary/aromatic N) is 2. The molecule has 3 heterocycles. The average molecular weight is 437 g/mol. The van der Waals surface area contributed by atoms with Gasteiger partial charge in [-0.15, -0.1) is 0 Å². The van der Waals surface area contributed by atoms with E-state index in [2.05, 4.69) is 29.5 Å². The van der Waals surface area contributed by atoms with Gasteiger partial charge >= 0.3 is 0 Å². The summed E-state index contributed by atoms with van der Waals surface area (Å²) in [6.45, 7) is 0.892. The lowest BCUT2D eigenvalue weighted by Gasteiger charge is -2.73. The quantitative estimate of drug-likeness (QED) is 0.685. The number of piperidine rings is 1. The Morgan fingerprint density at radius 1 is 1.16 bits per heavy atom. The number of carbonyl (C=O) groups is 2. The smallest absolute Gasteiger partial charge is 0.248 e. The van der Waals surface area contributed by atoms with Gasteiger partial charge in [-0.05, 0) is 38.1 Å². The Morgan fingerprint density at radius 2 is 1.97 bits per heavy atom. The SMILES string of the molecule is COc1ccc2c3c1OC1C4(OC)C=CC5(C6C(=O)NN(C)C(=O)C64)C(C2)N(C)CCC315. The van der Waals surface area contributed by atoms with Crippen LogP contribution in [0, 0.1) is 17.3 Å². The molecule has 32 heavy (non-hydrogen) atoms. The van der Waals surface area contributed by atoms with Crippen molar-refractivity contribution < 1.29 is 23.8 Å². The molecular weight excluding hydrogens is 410 g/mol. The Hall–Kier alpha value is -2.58. The Labute approximate surface area is 186 Å². The number of hydrogen-bond acceptors (Lipinski definition) is 6. The Balaban J connectivity index is 1.62. The lowest BCUT2D eigenvalue weighted by molar-refractivity contribution is -0.247. The van der Waals surface area contributed by atoms with E-state index in [1.807, 2.05) is 12.1 Å². The second-order valence-electron chi connectivity index (χ2n) is 10.2. The van der Waals surface area contributed by atoms with E-state index < -0.39 is 34.4 Å². The van der Waals surface area contributed by atoms with E-state index in [1.165, 1.54) is 10.6 Å². The van der Waals surface area contributed by atoms with Crippen molar-refractivity contribution in [3.8, 4) is 11.5 Å². The van der Waals surface area contributed by atoms with Gasteiger partial charge < -0.3 is 19.1 Å². The van der Waals surface area contributed by atoms with Crippen molar-refractivity contribution in [2.75, 3.05) is 34.9 Å². The molecule has 2 spiro atoms. The summed E-state index contributed by atoms with van der Waals surface area (Å²) in [4.78, 5) is 29.7. The van der Waals surface area contributed by atoms with E-state index in [9.17, 15) is 9.59 Å². The largest absolute Gasteiger partial charge is 0.493 e.